The van der Waals surface area contributed by atoms with Gasteiger partial charge in [-0.05, 0) is 70.7 Å². The Kier molecular flexibility index (Phi) is 5.56. The molecule has 26 heavy (non-hydrogen) atoms. The molecule has 1 amide bonds. The van der Waals surface area contributed by atoms with Crippen LogP contribution in [0.25, 0.3) is 10.9 Å². The summed E-state index contributed by atoms with van der Waals surface area (Å²) >= 11 is 6.24. The number of benzene rings is 1. The number of alkyl carbamates (subject to hydrolysis) is 1. The van der Waals surface area contributed by atoms with E-state index in [4.69, 9.17) is 21.1 Å². The number of hydrogen-bond acceptors (Lipinski definition) is 4. The zero-order valence-corrected chi connectivity index (χ0v) is 16.2. The first-order valence-corrected chi connectivity index (χ1v) is 9.38. The van der Waals surface area contributed by atoms with E-state index in [1.807, 2.05) is 39.0 Å². The molecule has 1 aromatic carbocycles. The van der Waals surface area contributed by atoms with E-state index in [1.54, 1.807) is 12.3 Å². The molecule has 1 N–H and O–H groups in total. The van der Waals surface area contributed by atoms with Crippen LogP contribution in [0.5, 0.6) is 5.75 Å². The average Bonchev–Trinajstić information content (AvgIpc) is 2.56. The number of halogens is 1. The van der Waals surface area contributed by atoms with Gasteiger partial charge in [-0.3, -0.25) is 4.98 Å². The molecule has 0 spiro atoms. The number of fused-ring (bicyclic) bond motifs is 1. The van der Waals surface area contributed by atoms with Gasteiger partial charge in [-0.1, -0.05) is 11.6 Å². The summed E-state index contributed by atoms with van der Waals surface area (Å²) in [4.78, 5) is 16.2. The maximum Gasteiger partial charge on any atom is 0.407 e. The van der Waals surface area contributed by atoms with Crippen LogP contribution in [-0.2, 0) is 4.74 Å². The molecular formula is C20H25ClN2O3. The summed E-state index contributed by atoms with van der Waals surface area (Å²) in [5.41, 5.74) is 0.381. The van der Waals surface area contributed by atoms with Gasteiger partial charge in [0.25, 0.3) is 0 Å². The Morgan fingerprint density at radius 1 is 1.19 bits per heavy atom. The Labute approximate surface area is 159 Å². The fourth-order valence-corrected chi connectivity index (χ4v) is 3.36. The minimum absolute atomic E-state index is 0.139. The van der Waals surface area contributed by atoms with Crippen LogP contribution in [0.1, 0.15) is 46.5 Å². The molecule has 1 aromatic heterocycles. The zero-order valence-electron chi connectivity index (χ0n) is 15.4. The largest absolute Gasteiger partial charge is 0.490 e. The predicted octanol–water partition coefficient (Wildman–Crippen LogP) is 5.10. The van der Waals surface area contributed by atoms with Crippen LogP contribution >= 0.6 is 11.6 Å². The smallest absolute Gasteiger partial charge is 0.407 e. The normalized spacial score (nSPS) is 20.6. The molecule has 3 rings (SSSR count). The Bertz CT molecular complexity index is 780. The molecule has 6 heteroatoms. The molecule has 0 unspecified atom stereocenters. The maximum absolute atomic E-state index is 11.9. The Balaban J connectivity index is 1.53. The molecule has 5 nitrogen and oxygen atoms in total. The van der Waals surface area contributed by atoms with Gasteiger partial charge >= 0.3 is 6.09 Å². The molecular weight excluding hydrogens is 352 g/mol. The van der Waals surface area contributed by atoms with Crippen LogP contribution in [0.4, 0.5) is 4.79 Å². The number of nitrogens with zero attached hydrogens (tertiary/aromatic N) is 1. The third kappa shape index (κ3) is 5.01. The Hall–Kier alpha value is -2.01. The molecule has 140 valence electrons. The number of ether oxygens (including phenoxy) is 2. The summed E-state index contributed by atoms with van der Waals surface area (Å²) in [6, 6.07) is 7.71. The number of nitrogens with one attached hydrogen (secondary N) is 1. The summed E-state index contributed by atoms with van der Waals surface area (Å²) in [7, 11) is 0. The van der Waals surface area contributed by atoms with E-state index in [1.165, 1.54) is 0 Å². The third-order valence-electron chi connectivity index (χ3n) is 4.36. The number of pyridine rings is 1. The molecule has 2 aromatic rings. The van der Waals surface area contributed by atoms with Crippen LogP contribution in [0.3, 0.4) is 0 Å². The molecule has 1 heterocycles. The van der Waals surface area contributed by atoms with Gasteiger partial charge in [0.2, 0.25) is 0 Å². The van der Waals surface area contributed by atoms with Gasteiger partial charge in [0.15, 0.2) is 0 Å². The van der Waals surface area contributed by atoms with Crippen molar-refractivity contribution < 1.29 is 14.3 Å². The minimum atomic E-state index is -0.476. The highest BCUT2D eigenvalue weighted by Crippen LogP contribution is 2.29. The van der Waals surface area contributed by atoms with Gasteiger partial charge in [0.05, 0.1) is 16.6 Å². The van der Waals surface area contributed by atoms with E-state index in [-0.39, 0.29) is 18.2 Å². The van der Waals surface area contributed by atoms with Crippen molar-refractivity contribution in [2.24, 2.45) is 0 Å². The highest BCUT2D eigenvalue weighted by atomic mass is 35.5. The monoisotopic (exact) mass is 376 g/mol. The standard InChI is InChI=1S/C20H25ClN2O3/c1-20(2,3)26-19(24)23-13-4-6-14(7-5-13)25-15-8-9-18-16(12-15)17(21)10-11-22-18/h8-14H,4-7H2,1-3H3,(H,23,24). The first-order chi connectivity index (χ1) is 12.3. The van der Waals surface area contributed by atoms with Gasteiger partial charge in [-0.2, -0.15) is 0 Å². The topological polar surface area (TPSA) is 60.5 Å². The van der Waals surface area contributed by atoms with Crippen LogP contribution in [0.2, 0.25) is 5.02 Å². The first-order valence-electron chi connectivity index (χ1n) is 9.00. The van der Waals surface area contributed by atoms with Crippen LogP contribution < -0.4 is 10.1 Å². The van der Waals surface area contributed by atoms with E-state index < -0.39 is 5.60 Å². The molecule has 0 aliphatic heterocycles. The summed E-state index contributed by atoms with van der Waals surface area (Å²) in [6.45, 7) is 5.59. The number of carbonyl (C=O) groups is 1. The molecule has 1 fully saturated rings. The van der Waals surface area contributed by atoms with Gasteiger partial charge in [0.1, 0.15) is 11.4 Å². The van der Waals surface area contributed by atoms with Crippen LogP contribution in [0.15, 0.2) is 30.5 Å². The van der Waals surface area contributed by atoms with Crippen molar-refractivity contribution in [2.75, 3.05) is 0 Å². The fourth-order valence-electron chi connectivity index (χ4n) is 3.16. The van der Waals surface area contributed by atoms with E-state index in [2.05, 4.69) is 10.3 Å². The van der Waals surface area contributed by atoms with Crippen LogP contribution in [0, 0.1) is 0 Å². The van der Waals surface area contributed by atoms with Crippen molar-refractivity contribution in [3.63, 3.8) is 0 Å². The lowest BCUT2D eigenvalue weighted by atomic mass is 9.93. The van der Waals surface area contributed by atoms with Gasteiger partial charge in [0, 0.05) is 17.6 Å². The minimum Gasteiger partial charge on any atom is -0.490 e. The molecule has 1 aliphatic carbocycles. The lowest BCUT2D eigenvalue weighted by Gasteiger charge is -2.30. The Morgan fingerprint density at radius 3 is 2.62 bits per heavy atom. The predicted molar refractivity (Wildman–Crippen MR) is 103 cm³/mol. The second-order valence-corrected chi connectivity index (χ2v) is 8.12. The van der Waals surface area contributed by atoms with Crippen molar-refractivity contribution >= 4 is 28.6 Å². The van der Waals surface area contributed by atoms with E-state index in [0.29, 0.717) is 5.02 Å². The highest BCUT2D eigenvalue weighted by molar-refractivity contribution is 6.35. The number of carbonyl (C=O) groups excluding carboxylic acids is 1. The summed E-state index contributed by atoms with van der Waals surface area (Å²) in [5.74, 6) is 0.802. The number of amides is 1. The molecule has 0 radical (unpaired) electrons. The first kappa shape index (κ1) is 18.8. The molecule has 0 saturated heterocycles. The van der Waals surface area contributed by atoms with E-state index >= 15 is 0 Å². The van der Waals surface area contributed by atoms with Gasteiger partial charge in [-0.25, -0.2) is 4.79 Å². The lowest BCUT2D eigenvalue weighted by molar-refractivity contribution is 0.0471. The number of rotatable bonds is 3. The summed E-state index contributed by atoms with van der Waals surface area (Å²) in [5, 5.41) is 4.52. The SMILES string of the molecule is CC(C)(C)OC(=O)NC1CCC(Oc2ccc3nccc(Cl)c3c2)CC1. The number of aromatic nitrogens is 1. The zero-order chi connectivity index (χ0) is 18.7. The van der Waals surface area contributed by atoms with Crippen molar-refractivity contribution in [3.8, 4) is 5.75 Å². The van der Waals surface area contributed by atoms with Gasteiger partial charge in [-0.15, -0.1) is 0 Å². The van der Waals surface area contributed by atoms with Crippen LogP contribution in [-0.4, -0.2) is 28.8 Å². The third-order valence-corrected chi connectivity index (χ3v) is 4.69. The molecule has 1 aliphatic rings. The van der Waals surface area contributed by atoms with E-state index in [9.17, 15) is 4.79 Å². The number of hydrogen-bond donors (Lipinski definition) is 1. The average molecular weight is 377 g/mol. The molecule has 0 bridgehead atoms. The maximum atomic E-state index is 11.9. The second-order valence-electron chi connectivity index (χ2n) is 7.71. The summed E-state index contributed by atoms with van der Waals surface area (Å²) < 4.78 is 11.4. The Morgan fingerprint density at radius 2 is 1.92 bits per heavy atom. The lowest BCUT2D eigenvalue weighted by Crippen LogP contribution is -2.42. The molecule has 1 saturated carbocycles. The van der Waals surface area contributed by atoms with Crippen molar-refractivity contribution in [3.05, 3.63) is 35.5 Å². The quantitative estimate of drug-likeness (QED) is 0.809. The summed E-state index contributed by atoms with van der Waals surface area (Å²) in [6.07, 6.45) is 5.01. The highest BCUT2D eigenvalue weighted by Gasteiger charge is 2.25. The van der Waals surface area contributed by atoms with E-state index in [0.717, 1.165) is 42.3 Å². The molecule has 0 atom stereocenters. The van der Waals surface area contributed by atoms with Gasteiger partial charge < -0.3 is 14.8 Å². The van der Waals surface area contributed by atoms with Crippen molar-refractivity contribution in [2.45, 2.75) is 64.2 Å². The van der Waals surface area contributed by atoms with Crippen molar-refractivity contribution in [1.29, 1.82) is 0 Å². The fraction of sp³-hybridized carbons (Fsp3) is 0.500. The second kappa shape index (κ2) is 7.70. The van der Waals surface area contributed by atoms with Crippen molar-refractivity contribution in [1.82, 2.24) is 10.3 Å².